The zero-order chi connectivity index (χ0) is 17.5. The first kappa shape index (κ1) is 20.2. The molecule has 1 aromatic carbocycles. The van der Waals surface area contributed by atoms with Crippen LogP contribution in [0.15, 0.2) is 74.4 Å². The molecule has 0 heterocycles. The standard InChI is InChI=1S/C23H33N/c1-4-12-21(6-3)20-24-19-11-10-16-22(13-5-2)17-18-23-14-8-7-9-15-23/h4-9,14-15,17-18,21-22,24H,1-3,10-13,16,19-20H2/b18-17+. The summed E-state index contributed by atoms with van der Waals surface area (Å²) < 4.78 is 0. The van der Waals surface area contributed by atoms with Gasteiger partial charge < -0.3 is 5.32 Å². The van der Waals surface area contributed by atoms with Crippen molar-refractivity contribution in [1.29, 1.82) is 0 Å². The molecule has 2 unspecified atom stereocenters. The third kappa shape index (κ3) is 9.32. The van der Waals surface area contributed by atoms with Crippen molar-refractivity contribution in [3.8, 4) is 0 Å². The summed E-state index contributed by atoms with van der Waals surface area (Å²) in [5.74, 6) is 1.09. The molecule has 1 nitrogen and oxygen atoms in total. The van der Waals surface area contributed by atoms with Crippen molar-refractivity contribution >= 4 is 6.08 Å². The summed E-state index contributed by atoms with van der Waals surface area (Å²) in [4.78, 5) is 0. The van der Waals surface area contributed by atoms with Crippen LogP contribution in [0.5, 0.6) is 0 Å². The number of allylic oxidation sites excluding steroid dienone is 3. The summed E-state index contributed by atoms with van der Waals surface area (Å²) in [5.41, 5.74) is 1.27. The Balaban J connectivity index is 2.24. The van der Waals surface area contributed by atoms with Crippen molar-refractivity contribution in [3.05, 3.63) is 79.9 Å². The number of hydrogen-bond acceptors (Lipinski definition) is 1. The van der Waals surface area contributed by atoms with Crippen LogP contribution in [-0.4, -0.2) is 13.1 Å². The summed E-state index contributed by atoms with van der Waals surface area (Å²) in [7, 11) is 0. The van der Waals surface area contributed by atoms with Crippen LogP contribution in [0.2, 0.25) is 0 Å². The first-order valence-corrected chi connectivity index (χ1v) is 9.08. The van der Waals surface area contributed by atoms with Crippen molar-refractivity contribution in [2.45, 2.75) is 32.1 Å². The van der Waals surface area contributed by atoms with Gasteiger partial charge in [0.25, 0.3) is 0 Å². The van der Waals surface area contributed by atoms with Crippen LogP contribution in [0.25, 0.3) is 6.08 Å². The number of rotatable bonds is 14. The maximum absolute atomic E-state index is 3.90. The summed E-state index contributed by atoms with van der Waals surface area (Å²) in [6, 6.07) is 10.5. The third-order valence-corrected chi connectivity index (χ3v) is 4.22. The van der Waals surface area contributed by atoms with Gasteiger partial charge in [0.15, 0.2) is 0 Å². The summed E-state index contributed by atoms with van der Waals surface area (Å²) in [6.07, 6.45) is 16.3. The lowest BCUT2D eigenvalue weighted by atomic mass is 9.97. The summed E-state index contributed by atoms with van der Waals surface area (Å²) in [5, 5.41) is 3.53. The summed E-state index contributed by atoms with van der Waals surface area (Å²) in [6.45, 7) is 13.6. The normalized spacial score (nSPS) is 13.5. The van der Waals surface area contributed by atoms with E-state index in [0.29, 0.717) is 11.8 Å². The van der Waals surface area contributed by atoms with Gasteiger partial charge in [-0.25, -0.2) is 0 Å². The van der Waals surface area contributed by atoms with E-state index in [1.165, 1.54) is 24.8 Å². The van der Waals surface area contributed by atoms with Crippen LogP contribution in [0.4, 0.5) is 0 Å². The monoisotopic (exact) mass is 323 g/mol. The van der Waals surface area contributed by atoms with Crippen LogP contribution in [-0.2, 0) is 0 Å². The zero-order valence-electron chi connectivity index (χ0n) is 15.0. The molecule has 0 spiro atoms. The topological polar surface area (TPSA) is 12.0 Å². The van der Waals surface area contributed by atoms with Gasteiger partial charge in [0.1, 0.15) is 0 Å². The lowest BCUT2D eigenvalue weighted by molar-refractivity contribution is 0.508. The second-order valence-corrected chi connectivity index (χ2v) is 6.27. The van der Waals surface area contributed by atoms with Crippen LogP contribution in [0.1, 0.15) is 37.7 Å². The fourth-order valence-corrected chi connectivity index (χ4v) is 2.74. The molecule has 1 aromatic rings. The molecule has 1 N–H and O–H groups in total. The highest BCUT2D eigenvalue weighted by Gasteiger charge is 2.04. The lowest BCUT2D eigenvalue weighted by Gasteiger charge is -2.13. The van der Waals surface area contributed by atoms with Crippen LogP contribution < -0.4 is 5.32 Å². The SMILES string of the molecule is C=CCC(C=C)CNCCCCC(/C=C/c1ccccc1)CC=C. The van der Waals surface area contributed by atoms with Crippen molar-refractivity contribution in [3.63, 3.8) is 0 Å². The first-order chi connectivity index (χ1) is 11.8. The van der Waals surface area contributed by atoms with E-state index >= 15 is 0 Å². The summed E-state index contributed by atoms with van der Waals surface area (Å²) >= 11 is 0. The molecule has 0 bridgehead atoms. The Morgan fingerprint density at radius 3 is 2.29 bits per heavy atom. The zero-order valence-corrected chi connectivity index (χ0v) is 15.0. The Kier molecular flexibility index (Phi) is 11.4. The minimum absolute atomic E-state index is 0.504. The van der Waals surface area contributed by atoms with E-state index < -0.39 is 0 Å². The van der Waals surface area contributed by atoms with Gasteiger partial charge in [0, 0.05) is 6.54 Å². The Morgan fingerprint density at radius 1 is 0.917 bits per heavy atom. The molecule has 1 rings (SSSR count). The largest absolute Gasteiger partial charge is 0.316 e. The molecular formula is C23H33N. The van der Waals surface area contributed by atoms with Gasteiger partial charge in [-0.1, -0.05) is 67.1 Å². The third-order valence-electron chi connectivity index (χ3n) is 4.22. The van der Waals surface area contributed by atoms with Gasteiger partial charge in [0.05, 0.1) is 0 Å². The molecule has 1 heteroatoms. The van der Waals surface area contributed by atoms with Crippen molar-refractivity contribution < 1.29 is 0 Å². The number of benzene rings is 1. The maximum atomic E-state index is 3.90. The predicted octanol–water partition coefficient (Wildman–Crippen LogP) is 6.03. The van der Waals surface area contributed by atoms with E-state index in [1.54, 1.807) is 0 Å². The van der Waals surface area contributed by atoms with Crippen LogP contribution in [0, 0.1) is 11.8 Å². The highest BCUT2D eigenvalue weighted by Crippen LogP contribution is 2.17. The molecule has 0 aromatic heterocycles. The molecule has 0 aliphatic carbocycles. The van der Waals surface area contributed by atoms with E-state index in [4.69, 9.17) is 0 Å². The number of hydrogen-bond donors (Lipinski definition) is 1. The molecule has 0 fully saturated rings. The van der Waals surface area contributed by atoms with E-state index in [1.807, 2.05) is 18.2 Å². The van der Waals surface area contributed by atoms with Gasteiger partial charge in [-0.15, -0.1) is 19.7 Å². The smallest absolute Gasteiger partial charge is 0.00170 e. The molecule has 0 aliphatic heterocycles. The molecule has 0 amide bonds. The fourth-order valence-electron chi connectivity index (χ4n) is 2.74. The van der Waals surface area contributed by atoms with Crippen LogP contribution >= 0.6 is 0 Å². The fraction of sp³-hybridized carbons (Fsp3) is 0.391. The maximum Gasteiger partial charge on any atom is 0.00170 e. The Bertz CT molecular complexity index is 486. The second-order valence-electron chi connectivity index (χ2n) is 6.27. The Labute approximate surface area is 148 Å². The molecule has 2 atom stereocenters. The highest BCUT2D eigenvalue weighted by molar-refractivity contribution is 5.48. The highest BCUT2D eigenvalue weighted by atomic mass is 14.8. The first-order valence-electron chi connectivity index (χ1n) is 9.08. The minimum atomic E-state index is 0.504. The van der Waals surface area contributed by atoms with Gasteiger partial charge in [-0.2, -0.15) is 0 Å². The van der Waals surface area contributed by atoms with Crippen LogP contribution in [0.3, 0.4) is 0 Å². The Morgan fingerprint density at radius 2 is 1.62 bits per heavy atom. The van der Waals surface area contributed by atoms with E-state index in [0.717, 1.165) is 25.9 Å². The average molecular weight is 324 g/mol. The molecular weight excluding hydrogens is 290 g/mol. The van der Waals surface area contributed by atoms with Crippen molar-refractivity contribution in [2.75, 3.05) is 13.1 Å². The van der Waals surface area contributed by atoms with E-state index in [-0.39, 0.29) is 0 Å². The minimum Gasteiger partial charge on any atom is -0.316 e. The number of unbranched alkanes of at least 4 members (excludes halogenated alkanes) is 1. The quantitative estimate of drug-likeness (QED) is 0.325. The average Bonchev–Trinajstić information content (AvgIpc) is 2.62. The molecule has 0 radical (unpaired) electrons. The molecule has 0 saturated carbocycles. The predicted molar refractivity (Wildman–Crippen MR) is 109 cm³/mol. The van der Waals surface area contributed by atoms with E-state index in [2.05, 4.69) is 67.5 Å². The van der Waals surface area contributed by atoms with Crippen molar-refractivity contribution in [1.82, 2.24) is 5.32 Å². The Hall–Kier alpha value is -1.86. The van der Waals surface area contributed by atoms with Gasteiger partial charge in [0.2, 0.25) is 0 Å². The molecule has 130 valence electrons. The van der Waals surface area contributed by atoms with E-state index in [9.17, 15) is 0 Å². The molecule has 0 saturated heterocycles. The van der Waals surface area contributed by atoms with Gasteiger partial charge >= 0.3 is 0 Å². The van der Waals surface area contributed by atoms with Gasteiger partial charge in [-0.05, 0) is 49.6 Å². The lowest BCUT2D eigenvalue weighted by Crippen LogP contribution is -2.22. The number of nitrogens with one attached hydrogen (secondary N) is 1. The van der Waals surface area contributed by atoms with Crippen molar-refractivity contribution in [2.24, 2.45) is 11.8 Å². The molecule has 24 heavy (non-hydrogen) atoms. The molecule has 0 aliphatic rings. The van der Waals surface area contributed by atoms with Gasteiger partial charge in [-0.3, -0.25) is 0 Å². The second kappa shape index (κ2) is 13.6.